The number of piperidine rings is 1. The fourth-order valence-corrected chi connectivity index (χ4v) is 6.10. The number of anilines is 1. The number of aliphatic hydroxyl groups is 1. The smallest absolute Gasteiger partial charge is 0.172 e. The lowest BCUT2D eigenvalue weighted by Gasteiger charge is -2.28. The minimum absolute atomic E-state index is 0.0430. The molecule has 0 saturated carbocycles. The van der Waals surface area contributed by atoms with Crippen molar-refractivity contribution in [3.63, 3.8) is 0 Å². The van der Waals surface area contributed by atoms with Crippen LogP contribution in [0.15, 0.2) is 58.9 Å². The molecule has 0 bridgehead atoms. The second-order valence-electron chi connectivity index (χ2n) is 10.5. The van der Waals surface area contributed by atoms with Crippen molar-refractivity contribution in [3.8, 4) is 18.2 Å². The zero-order chi connectivity index (χ0) is 28.5. The van der Waals surface area contributed by atoms with Crippen LogP contribution < -0.4 is 4.90 Å². The number of hydrogen-bond donors (Lipinski definition) is 1. The molecule has 2 aliphatic heterocycles. The molecule has 2 aromatic rings. The number of nitriles is 3. The number of rotatable bonds is 9. The molecule has 6 nitrogen and oxygen atoms in total. The molecule has 204 valence electrons. The van der Waals surface area contributed by atoms with Gasteiger partial charge in [-0.2, -0.15) is 15.8 Å². The number of unbranched alkanes of at least 4 members (excludes halogenated alkanes) is 1. The van der Waals surface area contributed by atoms with Gasteiger partial charge in [0.15, 0.2) is 11.3 Å². The molecule has 40 heavy (non-hydrogen) atoms. The Kier molecular flexibility index (Phi) is 9.62. The van der Waals surface area contributed by atoms with Crippen LogP contribution in [0.2, 0.25) is 0 Å². The lowest BCUT2D eigenvalue weighted by molar-refractivity contribution is 0.0954. The monoisotopic (exact) mass is 550 g/mol. The normalized spacial score (nSPS) is 16.7. The van der Waals surface area contributed by atoms with Crippen LogP contribution in [-0.2, 0) is 11.2 Å². The Morgan fingerprint density at radius 3 is 2.38 bits per heavy atom. The van der Waals surface area contributed by atoms with E-state index in [2.05, 4.69) is 53.5 Å². The third-order valence-corrected chi connectivity index (χ3v) is 8.34. The molecule has 1 aromatic heterocycles. The minimum Gasteiger partial charge on any atom is -0.480 e. The first-order chi connectivity index (χ1) is 19.4. The molecule has 0 amide bonds. The summed E-state index contributed by atoms with van der Waals surface area (Å²) in [5.41, 5.74) is 3.39. The number of thiophene rings is 1. The van der Waals surface area contributed by atoms with Crippen molar-refractivity contribution in [2.24, 2.45) is 0 Å². The summed E-state index contributed by atoms with van der Waals surface area (Å²) >= 11 is 1.66. The van der Waals surface area contributed by atoms with Crippen molar-refractivity contribution < 1.29 is 9.84 Å². The highest BCUT2D eigenvalue weighted by Crippen LogP contribution is 2.41. The lowest BCUT2D eigenvalue weighted by atomic mass is 9.94. The van der Waals surface area contributed by atoms with Crippen molar-refractivity contribution >= 4 is 35.3 Å². The van der Waals surface area contributed by atoms with Gasteiger partial charge in [0.1, 0.15) is 29.4 Å². The van der Waals surface area contributed by atoms with Gasteiger partial charge in [-0.1, -0.05) is 24.3 Å². The van der Waals surface area contributed by atoms with Crippen molar-refractivity contribution in [3.05, 3.63) is 79.8 Å². The van der Waals surface area contributed by atoms with Gasteiger partial charge < -0.3 is 14.7 Å². The minimum atomic E-state index is -0.854. The molecule has 3 heterocycles. The third kappa shape index (κ3) is 6.72. The van der Waals surface area contributed by atoms with Crippen molar-refractivity contribution in [2.75, 3.05) is 24.6 Å². The largest absolute Gasteiger partial charge is 0.480 e. The first kappa shape index (κ1) is 28.9. The van der Waals surface area contributed by atoms with Crippen LogP contribution in [0.25, 0.3) is 18.2 Å². The van der Waals surface area contributed by atoms with Crippen LogP contribution in [0.5, 0.6) is 0 Å². The fourth-order valence-electron chi connectivity index (χ4n) is 5.08. The van der Waals surface area contributed by atoms with E-state index < -0.39 is 5.60 Å². The van der Waals surface area contributed by atoms with E-state index >= 15 is 0 Å². The van der Waals surface area contributed by atoms with E-state index in [0.717, 1.165) is 47.7 Å². The molecule has 0 atom stereocenters. The van der Waals surface area contributed by atoms with Gasteiger partial charge in [0.05, 0.1) is 0 Å². The van der Waals surface area contributed by atoms with Gasteiger partial charge in [-0.15, -0.1) is 11.3 Å². The van der Waals surface area contributed by atoms with Crippen molar-refractivity contribution in [1.29, 1.82) is 15.8 Å². The molecule has 1 aromatic carbocycles. The Labute approximate surface area is 241 Å². The molecule has 4 rings (SSSR count). The molecule has 1 saturated heterocycles. The number of nitrogens with zero attached hydrogens (tertiary/aromatic N) is 4. The summed E-state index contributed by atoms with van der Waals surface area (Å²) in [6.07, 6.45) is 14.4. The summed E-state index contributed by atoms with van der Waals surface area (Å²) in [4.78, 5) is 4.64. The topological polar surface area (TPSA) is 104 Å². The first-order valence-corrected chi connectivity index (χ1v) is 14.5. The van der Waals surface area contributed by atoms with Gasteiger partial charge in [0.25, 0.3) is 0 Å². The number of aryl methyl sites for hydroxylation is 1. The van der Waals surface area contributed by atoms with Crippen LogP contribution >= 0.6 is 11.3 Å². The van der Waals surface area contributed by atoms with E-state index in [0.29, 0.717) is 5.57 Å². The predicted molar refractivity (Wildman–Crippen MR) is 161 cm³/mol. The van der Waals surface area contributed by atoms with Crippen LogP contribution in [0.1, 0.15) is 66.8 Å². The third-order valence-electron chi connectivity index (χ3n) is 7.24. The molecule has 0 spiro atoms. The predicted octanol–water partition coefficient (Wildman–Crippen LogP) is 7.17. The second kappa shape index (κ2) is 13.3. The summed E-state index contributed by atoms with van der Waals surface area (Å²) < 4.78 is 5.89. The summed E-state index contributed by atoms with van der Waals surface area (Å²) in [6.45, 7) is 6.07. The molecular weight excluding hydrogens is 516 g/mol. The summed E-state index contributed by atoms with van der Waals surface area (Å²) in [5.74, 6) is 0.0430. The first-order valence-electron chi connectivity index (χ1n) is 13.7. The molecule has 0 unspecified atom stereocenters. The fraction of sp³-hybridized carbons (Fsp3) is 0.364. The molecule has 1 fully saturated rings. The summed E-state index contributed by atoms with van der Waals surface area (Å²) in [7, 11) is 0. The average molecular weight is 551 g/mol. The second-order valence-corrected chi connectivity index (χ2v) is 11.6. The van der Waals surface area contributed by atoms with Gasteiger partial charge in [0.2, 0.25) is 0 Å². The Balaban J connectivity index is 1.60. The molecule has 2 aliphatic rings. The molecule has 1 N–H and O–H groups in total. The van der Waals surface area contributed by atoms with Gasteiger partial charge >= 0.3 is 0 Å². The molecular formula is C33H34N4O2S. The van der Waals surface area contributed by atoms with E-state index in [1.165, 1.54) is 30.5 Å². The van der Waals surface area contributed by atoms with Gasteiger partial charge in [-0.25, -0.2) is 0 Å². The molecule has 0 radical (unpaired) electrons. The number of hydrogen-bond acceptors (Lipinski definition) is 7. The van der Waals surface area contributed by atoms with Crippen molar-refractivity contribution in [2.45, 2.75) is 58.0 Å². The van der Waals surface area contributed by atoms with Gasteiger partial charge in [-0.05, 0) is 93.9 Å². The maximum atomic E-state index is 9.84. The summed E-state index contributed by atoms with van der Waals surface area (Å²) in [6, 6.07) is 16.7. The zero-order valence-electron chi connectivity index (χ0n) is 23.1. The van der Waals surface area contributed by atoms with E-state index in [4.69, 9.17) is 4.74 Å². The zero-order valence-corrected chi connectivity index (χ0v) is 23.9. The quantitative estimate of drug-likeness (QED) is 0.262. The Hall–Kier alpha value is -4.09. The molecule has 7 heteroatoms. The van der Waals surface area contributed by atoms with Crippen LogP contribution in [-0.4, -0.2) is 30.4 Å². The van der Waals surface area contributed by atoms with E-state index in [1.807, 2.05) is 38.1 Å². The van der Waals surface area contributed by atoms with Crippen LogP contribution in [0.4, 0.5) is 5.69 Å². The SMILES string of the molecule is CC1(C)OC(=C(C#N)C#N)C(C#N)=C1/C=C/c1sc(/C=C/c2ccc(N3CCCCC3)cc2)cc1CCCCO. The van der Waals surface area contributed by atoms with Crippen LogP contribution in [0, 0.1) is 34.0 Å². The number of ether oxygens (including phenoxy) is 1. The van der Waals surface area contributed by atoms with Gasteiger partial charge in [0, 0.05) is 40.7 Å². The Morgan fingerprint density at radius 2 is 1.73 bits per heavy atom. The van der Waals surface area contributed by atoms with Gasteiger partial charge in [-0.3, -0.25) is 0 Å². The molecule has 0 aliphatic carbocycles. The van der Waals surface area contributed by atoms with Crippen molar-refractivity contribution in [1.82, 2.24) is 0 Å². The number of allylic oxidation sites excluding steroid dienone is 2. The number of benzene rings is 1. The maximum absolute atomic E-state index is 9.84. The van der Waals surface area contributed by atoms with Crippen LogP contribution in [0.3, 0.4) is 0 Å². The highest BCUT2D eigenvalue weighted by Gasteiger charge is 2.38. The van der Waals surface area contributed by atoms with E-state index in [1.54, 1.807) is 11.3 Å². The number of aliphatic hydroxyl groups excluding tert-OH is 1. The van der Waals surface area contributed by atoms with E-state index in [-0.39, 0.29) is 23.5 Å². The highest BCUT2D eigenvalue weighted by atomic mass is 32.1. The Morgan fingerprint density at radius 1 is 1.00 bits per heavy atom. The lowest BCUT2D eigenvalue weighted by Crippen LogP contribution is -2.29. The van der Waals surface area contributed by atoms with E-state index in [9.17, 15) is 20.9 Å². The standard InChI is InChI=1S/C33H34N4O2S/c1-33(2)30(29(23-36)32(39-33)26(21-34)22-35)15-16-31-25(8-4-7-19-38)20-28(40-31)14-11-24-9-12-27(13-10-24)37-17-5-3-6-18-37/h9-16,20,38H,3-8,17-19H2,1-2H3/b14-11+,16-15+. The Bertz CT molecular complexity index is 1450. The average Bonchev–Trinajstić information content (AvgIpc) is 3.48. The maximum Gasteiger partial charge on any atom is 0.172 e. The summed E-state index contributed by atoms with van der Waals surface area (Å²) in [5, 5.41) is 37.8. The highest BCUT2D eigenvalue weighted by molar-refractivity contribution is 7.14.